The van der Waals surface area contributed by atoms with Gasteiger partial charge < -0.3 is 10.3 Å². The van der Waals surface area contributed by atoms with Crippen LogP contribution in [0, 0.1) is 5.92 Å². The van der Waals surface area contributed by atoms with Gasteiger partial charge >= 0.3 is 0 Å². The summed E-state index contributed by atoms with van der Waals surface area (Å²) in [6.45, 7) is 7.11. The van der Waals surface area contributed by atoms with E-state index in [-0.39, 0.29) is 6.61 Å². The zero-order chi connectivity index (χ0) is 18.7. The van der Waals surface area contributed by atoms with E-state index in [4.69, 9.17) is 0 Å². The third-order valence-corrected chi connectivity index (χ3v) is 4.32. The second-order valence-electron chi connectivity index (χ2n) is 6.74. The summed E-state index contributed by atoms with van der Waals surface area (Å²) in [4.78, 5) is 0. The molecule has 0 aromatic rings. The Morgan fingerprint density at radius 1 is 0.833 bits per heavy atom. The minimum atomic E-state index is -4.42. The quantitative estimate of drug-likeness (QED) is 0.268. The maximum Gasteiger partial charge on any atom is 0.217 e. The van der Waals surface area contributed by atoms with E-state index in [0.29, 0.717) is 0 Å². The van der Waals surface area contributed by atoms with Crippen molar-refractivity contribution < 1.29 is 22.9 Å². The van der Waals surface area contributed by atoms with Crippen molar-refractivity contribution in [3.63, 3.8) is 0 Å². The molecule has 0 saturated carbocycles. The zero-order valence-corrected chi connectivity index (χ0v) is 17.0. The van der Waals surface area contributed by atoms with Crippen molar-refractivity contribution in [3.8, 4) is 0 Å². The van der Waals surface area contributed by atoms with Crippen molar-refractivity contribution in [2.75, 3.05) is 13.2 Å². The fourth-order valence-electron chi connectivity index (χ4n) is 2.46. The molecule has 0 spiro atoms. The third kappa shape index (κ3) is 29.8. The normalized spacial score (nSPS) is 11.4. The van der Waals surface area contributed by atoms with E-state index in [2.05, 4.69) is 23.8 Å². The molecule has 6 heteroatoms. The van der Waals surface area contributed by atoms with E-state index < -0.39 is 10.4 Å². The van der Waals surface area contributed by atoms with Crippen molar-refractivity contribution >= 4 is 10.4 Å². The standard InChI is InChI=1S/C16H35N.C2H6O4S/c1-16(2)14-12-10-8-6-4-3-5-7-9-11-13-15-17;1-2-6-7(3,4)5/h16H,3-15,17H2,1-2H3;2H2,1H3,(H,3,4,5). The molecule has 0 atom stereocenters. The molecule has 0 bridgehead atoms. The largest absolute Gasteiger partial charge is 0.726 e. The van der Waals surface area contributed by atoms with Gasteiger partial charge in [0.15, 0.2) is 0 Å². The molecular weight excluding hydrogens is 326 g/mol. The molecule has 0 fully saturated rings. The van der Waals surface area contributed by atoms with Crippen LogP contribution in [0.3, 0.4) is 0 Å². The molecule has 0 aromatic heterocycles. The van der Waals surface area contributed by atoms with Crippen LogP contribution in [0.25, 0.3) is 0 Å². The molecule has 0 heterocycles. The van der Waals surface area contributed by atoms with Gasteiger partial charge in [0.05, 0.1) is 13.2 Å². The van der Waals surface area contributed by atoms with Gasteiger partial charge in [0.25, 0.3) is 0 Å². The first-order valence-electron chi connectivity index (χ1n) is 9.73. The van der Waals surface area contributed by atoms with Gasteiger partial charge in [-0.05, 0) is 25.7 Å². The van der Waals surface area contributed by atoms with E-state index in [1.54, 1.807) is 0 Å². The highest BCUT2D eigenvalue weighted by atomic mass is 32.3. The monoisotopic (exact) mass is 367 g/mol. The van der Waals surface area contributed by atoms with Gasteiger partial charge in [-0.15, -0.1) is 0 Å². The molecule has 0 amide bonds. The van der Waals surface area contributed by atoms with Crippen LogP contribution in [0.5, 0.6) is 0 Å². The van der Waals surface area contributed by atoms with E-state index in [0.717, 1.165) is 12.5 Å². The predicted molar refractivity (Wildman–Crippen MR) is 99.3 cm³/mol. The minimum Gasteiger partial charge on any atom is -0.726 e. The lowest BCUT2D eigenvalue weighted by molar-refractivity contribution is -0.368. The third-order valence-electron chi connectivity index (χ3n) is 3.79. The van der Waals surface area contributed by atoms with Crippen LogP contribution in [0.1, 0.15) is 97.8 Å². The van der Waals surface area contributed by atoms with Crippen LogP contribution in [0.2, 0.25) is 0 Å². The molecule has 0 aliphatic heterocycles. The Bertz CT molecular complexity index is 332. The first-order valence-corrected chi connectivity index (χ1v) is 11.1. The van der Waals surface area contributed by atoms with Gasteiger partial charge in [-0.2, -0.15) is 0 Å². The predicted octanol–water partition coefficient (Wildman–Crippen LogP) is 4.05. The SMILES string of the molecule is CC(C)CCCCCCCCCCCCC[NH3+].CCOS(=O)(=O)[O-]. The van der Waals surface area contributed by atoms with Crippen molar-refractivity contribution in [1.82, 2.24) is 0 Å². The molecular formula is C18H41NO4S. The van der Waals surface area contributed by atoms with Crippen LogP contribution in [0.4, 0.5) is 0 Å². The van der Waals surface area contributed by atoms with Gasteiger partial charge in [0.2, 0.25) is 10.4 Å². The highest BCUT2D eigenvalue weighted by molar-refractivity contribution is 7.80. The molecule has 0 aliphatic carbocycles. The highest BCUT2D eigenvalue weighted by Gasteiger charge is 1.95. The molecule has 0 saturated heterocycles. The number of unbranched alkanes of at least 4 members (excludes halogenated alkanes) is 10. The summed E-state index contributed by atoms with van der Waals surface area (Å²) >= 11 is 0. The van der Waals surface area contributed by atoms with E-state index >= 15 is 0 Å². The lowest BCUT2D eigenvalue weighted by atomic mass is 10.0. The Kier molecular flexibility index (Phi) is 20.8. The van der Waals surface area contributed by atoms with E-state index in [1.807, 2.05) is 0 Å². The Morgan fingerprint density at radius 3 is 1.46 bits per heavy atom. The van der Waals surface area contributed by atoms with Crippen LogP contribution in [-0.2, 0) is 14.6 Å². The highest BCUT2D eigenvalue weighted by Crippen LogP contribution is 2.13. The number of rotatable bonds is 15. The van der Waals surface area contributed by atoms with Gasteiger partial charge in [0.1, 0.15) is 0 Å². The van der Waals surface area contributed by atoms with E-state index in [1.165, 1.54) is 84.0 Å². The van der Waals surface area contributed by atoms with Crippen LogP contribution < -0.4 is 5.73 Å². The van der Waals surface area contributed by atoms with Crippen molar-refractivity contribution in [2.24, 2.45) is 5.92 Å². The molecule has 5 nitrogen and oxygen atoms in total. The summed E-state index contributed by atoms with van der Waals surface area (Å²) in [5, 5.41) is 0. The Balaban J connectivity index is 0. The lowest BCUT2D eigenvalue weighted by Crippen LogP contribution is -2.50. The summed E-state index contributed by atoms with van der Waals surface area (Å²) < 4.78 is 32.0. The number of hydrogen-bond acceptors (Lipinski definition) is 4. The molecule has 0 radical (unpaired) electrons. The van der Waals surface area contributed by atoms with Crippen LogP contribution in [-0.4, -0.2) is 26.1 Å². The van der Waals surface area contributed by atoms with Gasteiger partial charge in [-0.25, -0.2) is 8.42 Å². The zero-order valence-electron chi connectivity index (χ0n) is 16.2. The summed E-state index contributed by atoms with van der Waals surface area (Å²) in [7, 11) is -4.42. The summed E-state index contributed by atoms with van der Waals surface area (Å²) in [5.41, 5.74) is 3.88. The van der Waals surface area contributed by atoms with Gasteiger partial charge in [-0.1, -0.05) is 78.1 Å². The molecule has 24 heavy (non-hydrogen) atoms. The molecule has 3 N–H and O–H groups in total. The molecule has 148 valence electrons. The first kappa shape index (κ1) is 26.1. The molecule has 0 aromatic carbocycles. The fourth-order valence-corrected chi connectivity index (χ4v) is 2.75. The molecule has 0 unspecified atom stereocenters. The summed E-state index contributed by atoms with van der Waals surface area (Å²) in [6, 6.07) is 0. The molecule has 0 aliphatic rings. The number of hydrogen-bond donors (Lipinski definition) is 1. The fraction of sp³-hybridized carbons (Fsp3) is 1.00. The first-order chi connectivity index (χ1) is 11.3. The number of quaternary nitrogens is 1. The Morgan fingerprint density at radius 2 is 1.21 bits per heavy atom. The average molecular weight is 368 g/mol. The second kappa shape index (κ2) is 19.2. The maximum absolute atomic E-state index is 9.45. The molecule has 0 rings (SSSR count). The van der Waals surface area contributed by atoms with Gasteiger partial charge in [0, 0.05) is 0 Å². The topological polar surface area (TPSA) is 94.1 Å². The van der Waals surface area contributed by atoms with E-state index in [9.17, 15) is 13.0 Å². The van der Waals surface area contributed by atoms with Crippen LogP contribution in [0.15, 0.2) is 0 Å². The second-order valence-corrected chi connectivity index (χ2v) is 7.79. The van der Waals surface area contributed by atoms with Crippen molar-refractivity contribution in [2.45, 2.75) is 97.8 Å². The van der Waals surface area contributed by atoms with Crippen LogP contribution >= 0.6 is 0 Å². The maximum atomic E-state index is 9.45. The van der Waals surface area contributed by atoms with Gasteiger partial charge in [-0.3, -0.25) is 4.18 Å². The lowest BCUT2D eigenvalue weighted by Gasteiger charge is -2.04. The average Bonchev–Trinajstić information content (AvgIpc) is 2.47. The Hall–Kier alpha value is -0.170. The minimum absolute atomic E-state index is 0.0914. The van der Waals surface area contributed by atoms with Crippen molar-refractivity contribution in [3.05, 3.63) is 0 Å². The smallest absolute Gasteiger partial charge is 0.217 e. The summed E-state index contributed by atoms with van der Waals surface area (Å²) in [6.07, 6.45) is 17.3. The summed E-state index contributed by atoms with van der Waals surface area (Å²) in [5.74, 6) is 0.897. The van der Waals surface area contributed by atoms with Crippen molar-refractivity contribution in [1.29, 1.82) is 0 Å². The Labute approximate surface area is 150 Å².